The summed E-state index contributed by atoms with van der Waals surface area (Å²) < 4.78 is 5.54. The van der Waals surface area contributed by atoms with E-state index < -0.39 is 0 Å². The Morgan fingerprint density at radius 1 is 1.45 bits per heavy atom. The minimum atomic E-state index is 0.131. The average Bonchev–Trinajstić information content (AvgIpc) is 3.15. The Morgan fingerprint density at radius 2 is 2.36 bits per heavy atom. The van der Waals surface area contributed by atoms with E-state index in [0.29, 0.717) is 19.1 Å². The van der Waals surface area contributed by atoms with Gasteiger partial charge in [0.05, 0.1) is 6.10 Å². The average molecular weight is 300 g/mol. The van der Waals surface area contributed by atoms with Crippen LogP contribution in [0.4, 0.5) is 0 Å². The first kappa shape index (κ1) is 15.1. The van der Waals surface area contributed by atoms with E-state index in [4.69, 9.17) is 4.74 Å². The Labute approximate surface area is 131 Å². The molecule has 1 unspecified atom stereocenters. The topological polar surface area (TPSA) is 54.1 Å². The number of amides is 1. The number of H-pyrrole nitrogens is 1. The fourth-order valence-electron chi connectivity index (χ4n) is 3.10. The van der Waals surface area contributed by atoms with Gasteiger partial charge >= 0.3 is 0 Å². The lowest BCUT2D eigenvalue weighted by Crippen LogP contribution is -2.26. The molecule has 0 spiro atoms. The van der Waals surface area contributed by atoms with Crippen molar-refractivity contribution in [2.24, 2.45) is 0 Å². The number of hydrogen-bond acceptors (Lipinski definition) is 2. The van der Waals surface area contributed by atoms with Gasteiger partial charge in [-0.2, -0.15) is 0 Å². The maximum absolute atomic E-state index is 11.9. The number of nitrogens with one attached hydrogen (secondary N) is 2. The van der Waals surface area contributed by atoms with Gasteiger partial charge in [-0.15, -0.1) is 0 Å². The molecular weight excluding hydrogens is 276 g/mol. The molecule has 4 nitrogen and oxygen atoms in total. The van der Waals surface area contributed by atoms with Crippen LogP contribution in [0.2, 0.25) is 0 Å². The van der Waals surface area contributed by atoms with Crippen molar-refractivity contribution in [2.45, 2.75) is 45.1 Å². The quantitative estimate of drug-likeness (QED) is 0.861. The van der Waals surface area contributed by atoms with Crippen LogP contribution in [0.15, 0.2) is 24.4 Å². The fraction of sp³-hybridized carbons (Fsp3) is 0.500. The van der Waals surface area contributed by atoms with Crippen LogP contribution in [0.3, 0.4) is 0 Å². The molecule has 0 bridgehead atoms. The smallest absolute Gasteiger partial charge is 0.220 e. The standard InChI is InChI=1S/C18H24N2O2/c1-13-4-6-16-14(12-20-17(16)11-13)8-9-19-18(21)7-5-15-3-2-10-22-15/h4,6,11-12,15,20H,2-3,5,7-10H2,1H3,(H,19,21). The van der Waals surface area contributed by atoms with Gasteiger partial charge in [0.1, 0.15) is 0 Å². The lowest BCUT2D eigenvalue weighted by atomic mass is 10.1. The Hall–Kier alpha value is -1.81. The fourth-order valence-corrected chi connectivity index (χ4v) is 3.10. The van der Waals surface area contributed by atoms with E-state index in [-0.39, 0.29) is 5.91 Å². The van der Waals surface area contributed by atoms with Crippen LogP contribution in [-0.4, -0.2) is 30.1 Å². The molecule has 1 amide bonds. The molecule has 1 saturated heterocycles. The van der Waals surface area contributed by atoms with E-state index in [1.807, 2.05) is 6.20 Å². The van der Waals surface area contributed by atoms with E-state index in [1.54, 1.807) is 0 Å². The zero-order chi connectivity index (χ0) is 15.4. The monoisotopic (exact) mass is 300 g/mol. The summed E-state index contributed by atoms with van der Waals surface area (Å²) >= 11 is 0. The Morgan fingerprint density at radius 3 is 3.18 bits per heavy atom. The van der Waals surface area contributed by atoms with Crippen LogP contribution in [0.1, 0.15) is 36.8 Å². The number of aromatic amines is 1. The van der Waals surface area contributed by atoms with Gasteiger partial charge in [0, 0.05) is 36.7 Å². The third-order valence-corrected chi connectivity index (χ3v) is 4.36. The highest BCUT2D eigenvalue weighted by molar-refractivity contribution is 5.84. The van der Waals surface area contributed by atoms with Gasteiger partial charge in [-0.3, -0.25) is 4.79 Å². The number of ether oxygens (including phenoxy) is 1. The molecule has 2 heterocycles. The SMILES string of the molecule is Cc1ccc2c(CCNC(=O)CCC3CCCO3)c[nH]c2c1. The summed E-state index contributed by atoms with van der Waals surface area (Å²) in [6, 6.07) is 6.43. The van der Waals surface area contributed by atoms with Crippen molar-refractivity contribution in [3.05, 3.63) is 35.5 Å². The number of aromatic nitrogens is 1. The predicted octanol–water partition coefficient (Wildman–Crippen LogP) is 3.09. The Balaban J connectivity index is 1.44. The Bertz CT molecular complexity index is 642. The molecule has 4 heteroatoms. The number of fused-ring (bicyclic) bond motifs is 1. The summed E-state index contributed by atoms with van der Waals surface area (Å²) in [6.45, 7) is 3.63. The summed E-state index contributed by atoms with van der Waals surface area (Å²) in [6.07, 6.45) is 6.84. The number of benzene rings is 1. The van der Waals surface area contributed by atoms with E-state index in [0.717, 1.165) is 32.3 Å². The van der Waals surface area contributed by atoms with Crippen LogP contribution in [-0.2, 0) is 16.0 Å². The maximum Gasteiger partial charge on any atom is 0.220 e. The first-order valence-electron chi connectivity index (χ1n) is 8.17. The maximum atomic E-state index is 11.9. The van der Waals surface area contributed by atoms with Crippen molar-refractivity contribution in [1.82, 2.24) is 10.3 Å². The van der Waals surface area contributed by atoms with E-state index in [9.17, 15) is 4.79 Å². The van der Waals surface area contributed by atoms with Gasteiger partial charge in [0.15, 0.2) is 0 Å². The van der Waals surface area contributed by atoms with Crippen molar-refractivity contribution in [2.75, 3.05) is 13.2 Å². The Kier molecular flexibility index (Phi) is 4.78. The van der Waals surface area contributed by atoms with Crippen LogP contribution in [0, 0.1) is 6.92 Å². The van der Waals surface area contributed by atoms with Crippen molar-refractivity contribution in [3.63, 3.8) is 0 Å². The molecule has 1 aromatic carbocycles. The first-order chi connectivity index (χ1) is 10.7. The molecule has 118 valence electrons. The lowest BCUT2D eigenvalue weighted by molar-refractivity contribution is -0.121. The molecule has 0 radical (unpaired) electrons. The molecule has 1 aliphatic rings. The zero-order valence-electron chi connectivity index (χ0n) is 13.2. The molecule has 1 aromatic heterocycles. The van der Waals surface area contributed by atoms with E-state index in [2.05, 4.69) is 35.4 Å². The molecular formula is C18H24N2O2. The summed E-state index contributed by atoms with van der Waals surface area (Å²) in [7, 11) is 0. The molecule has 3 rings (SSSR count). The normalized spacial score (nSPS) is 18.0. The second-order valence-electron chi connectivity index (χ2n) is 6.14. The number of hydrogen-bond donors (Lipinski definition) is 2. The second-order valence-corrected chi connectivity index (χ2v) is 6.14. The number of rotatable bonds is 6. The molecule has 1 atom stereocenters. The number of carbonyl (C=O) groups excluding carboxylic acids is 1. The van der Waals surface area contributed by atoms with Crippen LogP contribution in [0.25, 0.3) is 10.9 Å². The minimum Gasteiger partial charge on any atom is -0.378 e. The highest BCUT2D eigenvalue weighted by Crippen LogP contribution is 2.20. The molecule has 2 aromatic rings. The number of carbonyl (C=O) groups is 1. The summed E-state index contributed by atoms with van der Waals surface area (Å²) in [4.78, 5) is 15.2. The number of aryl methyl sites for hydroxylation is 1. The van der Waals surface area contributed by atoms with Gasteiger partial charge in [-0.05, 0) is 49.8 Å². The summed E-state index contributed by atoms with van der Waals surface area (Å²) in [5.41, 5.74) is 3.68. The van der Waals surface area contributed by atoms with E-state index in [1.165, 1.54) is 22.0 Å². The van der Waals surface area contributed by atoms with Crippen molar-refractivity contribution in [1.29, 1.82) is 0 Å². The predicted molar refractivity (Wildman–Crippen MR) is 88.0 cm³/mol. The summed E-state index contributed by atoms with van der Waals surface area (Å²) in [5, 5.41) is 4.26. The van der Waals surface area contributed by atoms with Gasteiger partial charge in [-0.1, -0.05) is 12.1 Å². The van der Waals surface area contributed by atoms with Gasteiger partial charge in [0.25, 0.3) is 0 Å². The van der Waals surface area contributed by atoms with Crippen molar-refractivity contribution in [3.8, 4) is 0 Å². The van der Waals surface area contributed by atoms with Crippen LogP contribution < -0.4 is 5.32 Å². The molecule has 2 N–H and O–H groups in total. The highest BCUT2D eigenvalue weighted by atomic mass is 16.5. The van der Waals surface area contributed by atoms with Crippen LogP contribution >= 0.6 is 0 Å². The third-order valence-electron chi connectivity index (χ3n) is 4.36. The summed E-state index contributed by atoms with van der Waals surface area (Å²) in [5.74, 6) is 0.131. The van der Waals surface area contributed by atoms with Gasteiger partial charge in [0.2, 0.25) is 5.91 Å². The van der Waals surface area contributed by atoms with E-state index >= 15 is 0 Å². The van der Waals surface area contributed by atoms with Crippen molar-refractivity contribution >= 4 is 16.8 Å². The van der Waals surface area contributed by atoms with Crippen LogP contribution in [0.5, 0.6) is 0 Å². The molecule has 0 aliphatic carbocycles. The lowest BCUT2D eigenvalue weighted by Gasteiger charge is -2.09. The van der Waals surface area contributed by atoms with Gasteiger partial charge in [-0.25, -0.2) is 0 Å². The molecule has 0 saturated carbocycles. The molecule has 22 heavy (non-hydrogen) atoms. The molecule has 1 aliphatic heterocycles. The second kappa shape index (κ2) is 6.97. The largest absolute Gasteiger partial charge is 0.378 e. The first-order valence-corrected chi connectivity index (χ1v) is 8.17. The van der Waals surface area contributed by atoms with Gasteiger partial charge < -0.3 is 15.0 Å². The minimum absolute atomic E-state index is 0.131. The highest BCUT2D eigenvalue weighted by Gasteiger charge is 2.16. The zero-order valence-corrected chi connectivity index (χ0v) is 13.2. The molecule has 1 fully saturated rings. The van der Waals surface area contributed by atoms with Crippen molar-refractivity contribution < 1.29 is 9.53 Å². The third kappa shape index (κ3) is 3.69.